The van der Waals surface area contributed by atoms with Gasteiger partial charge in [-0.3, -0.25) is 0 Å². The average molecular weight is 260 g/mol. The van der Waals surface area contributed by atoms with Crippen molar-refractivity contribution < 1.29 is 9.90 Å². The van der Waals surface area contributed by atoms with Crippen molar-refractivity contribution in [2.75, 3.05) is 11.9 Å². The molecular formula is C13H16N4O2. The summed E-state index contributed by atoms with van der Waals surface area (Å²) >= 11 is 0. The first-order valence-electron chi connectivity index (χ1n) is 6.56. The minimum atomic E-state index is -1.04. The third-order valence-electron chi connectivity index (χ3n) is 3.59. The van der Waals surface area contributed by atoms with Crippen molar-refractivity contribution in [2.24, 2.45) is 5.92 Å². The number of rotatable bonds is 4. The fraction of sp³-hybridized carbons (Fsp3) is 0.462. The quantitative estimate of drug-likeness (QED) is 0.879. The SMILES string of the molecule is O=C(O)c1cn2nc(NCC3CCCC3)ccc2n1. The zero-order chi connectivity index (χ0) is 13.2. The molecule has 3 rings (SSSR count). The molecule has 6 nitrogen and oxygen atoms in total. The number of hydrogen-bond acceptors (Lipinski definition) is 4. The molecule has 1 aliphatic rings. The van der Waals surface area contributed by atoms with E-state index in [1.807, 2.05) is 6.07 Å². The Morgan fingerprint density at radius 2 is 2.21 bits per heavy atom. The predicted octanol–water partition coefficient (Wildman–Crippen LogP) is 2.03. The lowest BCUT2D eigenvalue weighted by atomic mass is 10.1. The Labute approximate surface area is 110 Å². The molecule has 0 aliphatic heterocycles. The van der Waals surface area contributed by atoms with Crippen LogP contribution in [-0.2, 0) is 0 Å². The summed E-state index contributed by atoms with van der Waals surface area (Å²) < 4.78 is 1.50. The normalized spacial score (nSPS) is 16.0. The van der Waals surface area contributed by atoms with Crippen molar-refractivity contribution in [3.63, 3.8) is 0 Å². The second-order valence-corrected chi connectivity index (χ2v) is 4.98. The Hall–Kier alpha value is -2.11. The zero-order valence-corrected chi connectivity index (χ0v) is 10.5. The van der Waals surface area contributed by atoms with Crippen molar-refractivity contribution in [2.45, 2.75) is 25.7 Å². The number of fused-ring (bicyclic) bond motifs is 1. The number of hydrogen-bond donors (Lipinski definition) is 2. The fourth-order valence-electron chi connectivity index (χ4n) is 2.54. The Bertz CT molecular complexity index is 602. The molecule has 1 saturated carbocycles. The first kappa shape index (κ1) is 12.0. The van der Waals surface area contributed by atoms with Crippen molar-refractivity contribution in [1.29, 1.82) is 0 Å². The van der Waals surface area contributed by atoms with Gasteiger partial charge in [-0.05, 0) is 30.9 Å². The van der Waals surface area contributed by atoms with Gasteiger partial charge in [-0.2, -0.15) is 0 Å². The average Bonchev–Trinajstić information content (AvgIpc) is 3.04. The highest BCUT2D eigenvalue weighted by Gasteiger charge is 2.15. The van der Waals surface area contributed by atoms with Gasteiger partial charge in [0, 0.05) is 6.54 Å². The molecule has 0 bridgehead atoms. The largest absolute Gasteiger partial charge is 0.476 e. The third kappa shape index (κ3) is 2.52. The molecule has 19 heavy (non-hydrogen) atoms. The lowest BCUT2D eigenvalue weighted by molar-refractivity contribution is 0.0691. The number of carbonyl (C=O) groups is 1. The van der Waals surface area contributed by atoms with Gasteiger partial charge >= 0.3 is 5.97 Å². The van der Waals surface area contributed by atoms with Crippen LogP contribution in [0.5, 0.6) is 0 Å². The van der Waals surface area contributed by atoms with Crippen LogP contribution in [0.3, 0.4) is 0 Å². The molecule has 0 spiro atoms. The number of nitrogens with one attached hydrogen (secondary N) is 1. The Morgan fingerprint density at radius 3 is 2.95 bits per heavy atom. The summed E-state index contributed by atoms with van der Waals surface area (Å²) in [5, 5.41) is 16.5. The summed E-state index contributed by atoms with van der Waals surface area (Å²) in [6, 6.07) is 3.61. The number of carboxylic acids is 1. The smallest absolute Gasteiger partial charge is 0.356 e. The maximum atomic E-state index is 10.8. The van der Waals surface area contributed by atoms with E-state index in [-0.39, 0.29) is 5.69 Å². The van der Waals surface area contributed by atoms with Gasteiger partial charge in [-0.25, -0.2) is 14.3 Å². The Balaban J connectivity index is 1.74. The van der Waals surface area contributed by atoms with Crippen LogP contribution in [0.2, 0.25) is 0 Å². The molecule has 0 aromatic carbocycles. The summed E-state index contributed by atoms with van der Waals surface area (Å²) in [7, 11) is 0. The molecule has 100 valence electrons. The zero-order valence-electron chi connectivity index (χ0n) is 10.5. The van der Waals surface area contributed by atoms with E-state index in [1.165, 1.54) is 36.4 Å². The number of imidazole rings is 1. The minimum absolute atomic E-state index is 0.0143. The fourth-order valence-corrected chi connectivity index (χ4v) is 2.54. The van der Waals surface area contributed by atoms with Gasteiger partial charge in [0.15, 0.2) is 11.3 Å². The molecule has 0 amide bonds. The number of anilines is 1. The van der Waals surface area contributed by atoms with Crippen LogP contribution >= 0.6 is 0 Å². The molecule has 0 atom stereocenters. The third-order valence-corrected chi connectivity index (χ3v) is 3.59. The second kappa shape index (κ2) is 4.87. The molecule has 6 heteroatoms. The van der Waals surface area contributed by atoms with Crippen LogP contribution in [0, 0.1) is 5.92 Å². The van der Waals surface area contributed by atoms with Crippen LogP contribution in [0.4, 0.5) is 5.82 Å². The van der Waals surface area contributed by atoms with E-state index in [9.17, 15) is 4.79 Å². The van der Waals surface area contributed by atoms with Crippen molar-refractivity contribution in [3.05, 3.63) is 24.0 Å². The minimum Gasteiger partial charge on any atom is -0.476 e. The highest BCUT2D eigenvalue weighted by Crippen LogP contribution is 2.24. The molecule has 2 aromatic rings. The summed E-state index contributed by atoms with van der Waals surface area (Å²) in [4.78, 5) is 14.8. The van der Waals surface area contributed by atoms with Gasteiger partial charge in [-0.15, -0.1) is 5.10 Å². The van der Waals surface area contributed by atoms with Crippen LogP contribution in [-0.4, -0.2) is 32.2 Å². The molecule has 2 aromatic heterocycles. The van der Waals surface area contributed by atoms with Crippen molar-refractivity contribution >= 4 is 17.4 Å². The van der Waals surface area contributed by atoms with E-state index in [2.05, 4.69) is 15.4 Å². The number of aromatic nitrogens is 3. The molecule has 1 aliphatic carbocycles. The van der Waals surface area contributed by atoms with Gasteiger partial charge in [0.25, 0.3) is 0 Å². The second-order valence-electron chi connectivity index (χ2n) is 4.98. The summed E-state index contributed by atoms with van der Waals surface area (Å²) in [6.07, 6.45) is 6.63. The van der Waals surface area contributed by atoms with Gasteiger partial charge in [0.2, 0.25) is 0 Å². The summed E-state index contributed by atoms with van der Waals surface area (Å²) in [5.41, 5.74) is 0.559. The van der Waals surface area contributed by atoms with E-state index in [0.29, 0.717) is 5.65 Å². The topological polar surface area (TPSA) is 79.5 Å². The van der Waals surface area contributed by atoms with Gasteiger partial charge in [-0.1, -0.05) is 12.8 Å². The van der Waals surface area contributed by atoms with E-state index in [1.54, 1.807) is 6.07 Å². The van der Waals surface area contributed by atoms with Crippen molar-refractivity contribution in [1.82, 2.24) is 14.6 Å². The van der Waals surface area contributed by atoms with E-state index in [4.69, 9.17) is 5.11 Å². The molecular weight excluding hydrogens is 244 g/mol. The highest BCUT2D eigenvalue weighted by atomic mass is 16.4. The Morgan fingerprint density at radius 1 is 1.42 bits per heavy atom. The molecule has 0 radical (unpaired) electrons. The number of aromatic carboxylic acids is 1. The lowest BCUT2D eigenvalue weighted by Crippen LogP contribution is -2.12. The maximum Gasteiger partial charge on any atom is 0.356 e. The summed E-state index contributed by atoms with van der Waals surface area (Å²) in [6.45, 7) is 0.930. The van der Waals surface area contributed by atoms with E-state index < -0.39 is 5.97 Å². The predicted molar refractivity (Wildman–Crippen MR) is 70.4 cm³/mol. The first-order chi connectivity index (χ1) is 9.22. The number of carboxylic acid groups (broad SMARTS) is 1. The van der Waals surface area contributed by atoms with Gasteiger partial charge < -0.3 is 10.4 Å². The monoisotopic (exact) mass is 260 g/mol. The molecule has 2 N–H and O–H groups in total. The van der Waals surface area contributed by atoms with Crippen LogP contribution in [0.1, 0.15) is 36.2 Å². The van der Waals surface area contributed by atoms with E-state index >= 15 is 0 Å². The molecule has 2 heterocycles. The first-order valence-corrected chi connectivity index (χ1v) is 6.56. The lowest BCUT2D eigenvalue weighted by Gasteiger charge is -2.10. The molecule has 0 unspecified atom stereocenters. The van der Waals surface area contributed by atoms with Crippen LogP contribution in [0.25, 0.3) is 5.65 Å². The van der Waals surface area contributed by atoms with Crippen molar-refractivity contribution in [3.8, 4) is 0 Å². The van der Waals surface area contributed by atoms with Crippen LogP contribution in [0.15, 0.2) is 18.3 Å². The standard InChI is InChI=1S/C13H16N4O2/c18-13(19)10-8-17-12(15-10)6-5-11(16-17)14-7-9-3-1-2-4-9/h5-6,8-9H,1-4,7H2,(H,14,16)(H,18,19). The van der Waals surface area contributed by atoms with Gasteiger partial charge in [0.05, 0.1) is 6.20 Å². The van der Waals surface area contributed by atoms with Crippen LogP contribution < -0.4 is 5.32 Å². The molecule has 0 saturated heterocycles. The number of nitrogens with zero attached hydrogens (tertiary/aromatic N) is 3. The maximum absolute atomic E-state index is 10.8. The van der Waals surface area contributed by atoms with Gasteiger partial charge in [0.1, 0.15) is 5.82 Å². The van der Waals surface area contributed by atoms with E-state index in [0.717, 1.165) is 18.3 Å². The Kier molecular flexibility index (Phi) is 3.06. The summed E-state index contributed by atoms with van der Waals surface area (Å²) in [5.74, 6) is 0.453. The highest BCUT2D eigenvalue weighted by molar-refractivity contribution is 5.86. The molecule has 1 fully saturated rings.